The fraction of sp³-hybridized carbons (Fsp3) is 0.550. The van der Waals surface area contributed by atoms with Crippen LogP contribution in [0.1, 0.15) is 37.8 Å². The molecule has 1 aromatic heterocycles. The molecule has 5 amide bonds. The van der Waals surface area contributed by atoms with Crippen LogP contribution in [0.4, 0.5) is 0 Å². The first-order chi connectivity index (χ1) is 16.9. The number of hydrogen-bond donors (Lipinski definition) is 9. The number of unbranched alkanes of at least 4 members (excludes halogenated alkanes) is 1. The maximum Gasteiger partial charge on any atom is 0.326 e. The lowest BCUT2D eigenvalue weighted by Crippen LogP contribution is -2.58. The fourth-order valence-electron chi connectivity index (χ4n) is 3.10. The minimum Gasteiger partial charge on any atom is -0.480 e. The summed E-state index contributed by atoms with van der Waals surface area (Å²) in [7, 11) is 0. The Bertz CT molecular complexity index is 923. The molecular weight excluding hydrogens is 478 g/mol. The molecule has 0 radical (unpaired) electrons. The van der Waals surface area contributed by atoms with E-state index in [4.69, 9.17) is 22.9 Å². The second-order valence-corrected chi connectivity index (χ2v) is 8.03. The summed E-state index contributed by atoms with van der Waals surface area (Å²) in [6, 6.07) is -5.48. The van der Waals surface area contributed by atoms with E-state index in [1.165, 1.54) is 12.5 Å². The number of imidazole rings is 1. The molecule has 0 saturated carbocycles. The molecule has 1 aromatic rings. The second kappa shape index (κ2) is 15.0. The van der Waals surface area contributed by atoms with Crippen molar-refractivity contribution in [1.82, 2.24) is 25.9 Å². The Morgan fingerprint density at radius 3 is 1.97 bits per heavy atom. The number of amides is 5. The van der Waals surface area contributed by atoms with Gasteiger partial charge in [-0.3, -0.25) is 24.0 Å². The zero-order valence-corrected chi connectivity index (χ0v) is 19.6. The van der Waals surface area contributed by atoms with Crippen LogP contribution in [0.25, 0.3) is 0 Å². The normalized spacial score (nSPS) is 14.1. The molecule has 4 unspecified atom stereocenters. The van der Waals surface area contributed by atoms with Gasteiger partial charge in [0, 0.05) is 18.3 Å². The van der Waals surface area contributed by atoms with E-state index in [1.54, 1.807) is 0 Å². The van der Waals surface area contributed by atoms with Crippen LogP contribution in [0.2, 0.25) is 0 Å². The Morgan fingerprint density at radius 2 is 1.44 bits per heavy atom. The van der Waals surface area contributed by atoms with E-state index in [9.17, 15) is 33.9 Å². The lowest BCUT2D eigenvalue weighted by molar-refractivity contribution is -0.144. The molecule has 1 heterocycles. The van der Waals surface area contributed by atoms with Crippen molar-refractivity contribution in [2.24, 2.45) is 22.9 Å². The topological polar surface area (TPSA) is 292 Å². The van der Waals surface area contributed by atoms with Gasteiger partial charge in [0.25, 0.3) is 0 Å². The summed E-state index contributed by atoms with van der Waals surface area (Å²) in [6.07, 6.45) is 2.88. The molecule has 0 aliphatic heterocycles. The van der Waals surface area contributed by atoms with Gasteiger partial charge in [-0.2, -0.15) is 0 Å². The monoisotopic (exact) mass is 511 g/mol. The molecule has 16 heteroatoms. The quantitative estimate of drug-likeness (QED) is 0.0906. The van der Waals surface area contributed by atoms with E-state index in [1.807, 2.05) is 5.32 Å². The summed E-state index contributed by atoms with van der Waals surface area (Å²) < 4.78 is 0. The van der Waals surface area contributed by atoms with E-state index in [0.717, 1.165) is 0 Å². The third kappa shape index (κ3) is 10.9. The smallest absolute Gasteiger partial charge is 0.326 e. The predicted octanol–water partition coefficient (Wildman–Crippen LogP) is -4.30. The first-order valence-electron chi connectivity index (χ1n) is 11.1. The molecule has 0 aliphatic rings. The Hall–Kier alpha value is -4.05. The zero-order valence-electron chi connectivity index (χ0n) is 19.6. The number of aromatic nitrogens is 2. The van der Waals surface area contributed by atoms with Crippen molar-refractivity contribution >= 4 is 35.5 Å². The van der Waals surface area contributed by atoms with E-state index < -0.39 is 72.5 Å². The van der Waals surface area contributed by atoms with Gasteiger partial charge in [-0.1, -0.05) is 6.42 Å². The molecular formula is C20H33N9O7. The van der Waals surface area contributed by atoms with Gasteiger partial charge in [0.05, 0.1) is 25.2 Å². The number of primary amides is 2. The molecule has 1 rings (SSSR count). The average Bonchev–Trinajstić information content (AvgIpc) is 3.30. The van der Waals surface area contributed by atoms with Gasteiger partial charge >= 0.3 is 5.97 Å². The highest BCUT2D eigenvalue weighted by molar-refractivity contribution is 5.96. The van der Waals surface area contributed by atoms with Gasteiger partial charge in [-0.15, -0.1) is 0 Å². The van der Waals surface area contributed by atoms with Gasteiger partial charge in [0.1, 0.15) is 18.1 Å². The van der Waals surface area contributed by atoms with Gasteiger partial charge in [-0.25, -0.2) is 9.78 Å². The molecule has 4 atom stereocenters. The van der Waals surface area contributed by atoms with Crippen molar-refractivity contribution in [2.75, 3.05) is 6.54 Å². The Kier molecular flexibility index (Phi) is 12.5. The molecule has 0 aromatic carbocycles. The first-order valence-corrected chi connectivity index (χ1v) is 11.1. The van der Waals surface area contributed by atoms with E-state index in [0.29, 0.717) is 31.5 Å². The van der Waals surface area contributed by atoms with Crippen LogP contribution >= 0.6 is 0 Å². The van der Waals surface area contributed by atoms with Crippen LogP contribution < -0.4 is 38.9 Å². The third-order valence-electron chi connectivity index (χ3n) is 4.98. The number of carbonyl (C=O) groups excluding carboxylic acids is 5. The number of rotatable bonds is 17. The predicted molar refractivity (Wildman–Crippen MR) is 124 cm³/mol. The van der Waals surface area contributed by atoms with E-state index >= 15 is 0 Å². The molecule has 0 aliphatic carbocycles. The Morgan fingerprint density at radius 1 is 0.889 bits per heavy atom. The highest BCUT2D eigenvalue weighted by Gasteiger charge is 2.32. The molecule has 0 fully saturated rings. The van der Waals surface area contributed by atoms with Crippen molar-refractivity contribution in [2.45, 2.75) is 62.7 Å². The molecule has 0 saturated heterocycles. The summed E-state index contributed by atoms with van der Waals surface area (Å²) in [5.41, 5.74) is 22.0. The van der Waals surface area contributed by atoms with Gasteiger partial charge < -0.3 is 49.0 Å². The highest BCUT2D eigenvalue weighted by atomic mass is 16.4. The van der Waals surface area contributed by atoms with Gasteiger partial charge in [0.2, 0.25) is 29.5 Å². The molecule has 0 bridgehead atoms. The number of aromatic amines is 1. The summed E-state index contributed by atoms with van der Waals surface area (Å²) in [6.45, 7) is 0.435. The summed E-state index contributed by atoms with van der Waals surface area (Å²) in [5, 5.41) is 16.0. The Balaban J connectivity index is 3.03. The third-order valence-corrected chi connectivity index (χ3v) is 4.98. The van der Waals surface area contributed by atoms with Crippen LogP contribution in [-0.2, 0) is 35.2 Å². The fourth-order valence-corrected chi connectivity index (χ4v) is 3.10. The zero-order chi connectivity index (χ0) is 27.3. The average molecular weight is 512 g/mol. The Labute approximate surface area is 206 Å². The van der Waals surface area contributed by atoms with Crippen molar-refractivity contribution in [3.8, 4) is 0 Å². The lowest BCUT2D eigenvalue weighted by Gasteiger charge is -2.24. The minimum atomic E-state index is -1.70. The number of carboxylic acids is 1. The number of carboxylic acid groups (broad SMARTS) is 1. The van der Waals surface area contributed by atoms with Crippen molar-refractivity contribution in [3.05, 3.63) is 18.2 Å². The summed E-state index contributed by atoms with van der Waals surface area (Å²) >= 11 is 0. The van der Waals surface area contributed by atoms with Crippen molar-refractivity contribution < 1.29 is 33.9 Å². The standard InChI is InChI=1S/C20H33N9O7/c21-4-2-1-3-11(22)17(32)27-12(5-10-8-25-9-26-10)18(33)28-13(6-15(23)30)19(34)29-14(20(35)36)7-16(24)31/h8-9,11-14H,1-7,21-22H2,(H2,23,30)(H2,24,31)(H,25,26)(H,27,32)(H,28,33)(H,29,34)(H,35,36). The highest BCUT2D eigenvalue weighted by Crippen LogP contribution is 2.05. The number of hydrogen-bond acceptors (Lipinski definition) is 9. The number of nitrogens with zero attached hydrogens (tertiary/aromatic N) is 1. The molecule has 36 heavy (non-hydrogen) atoms. The molecule has 13 N–H and O–H groups in total. The van der Waals surface area contributed by atoms with E-state index in [2.05, 4.69) is 20.6 Å². The second-order valence-electron chi connectivity index (χ2n) is 8.03. The molecule has 16 nitrogen and oxygen atoms in total. The number of nitrogens with one attached hydrogen (secondary N) is 4. The number of carbonyl (C=O) groups is 6. The van der Waals surface area contributed by atoms with Gasteiger partial charge in [0.15, 0.2) is 0 Å². The number of nitrogens with two attached hydrogens (primary N) is 4. The van der Waals surface area contributed by atoms with Crippen molar-refractivity contribution in [1.29, 1.82) is 0 Å². The first kappa shape index (κ1) is 30.0. The van der Waals surface area contributed by atoms with Gasteiger partial charge in [-0.05, 0) is 19.4 Å². The minimum absolute atomic E-state index is 0.0720. The molecule has 200 valence electrons. The van der Waals surface area contributed by atoms with Crippen molar-refractivity contribution in [3.63, 3.8) is 0 Å². The van der Waals surface area contributed by atoms with Crippen LogP contribution in [0, 0.1) is 0 Å². The molecule has 0 spiro atoms. The summed E-state index contributed by atoms with van der Waals surface area (Å²) in [5.74, 6) is -6.14. The maximum absolute atomic E-state index is 13.0. The SMILES string of the molecule is NCCCCC(N)C(=O)NC(Cc1cnc[nH]1)C(=O)NC(CC(N)=O)C(=O)NC(CC(N)=O)C(=O)O. The van der Waals surface area contributed by atoms with Crippen LogP contribution in [-0.4, -0.2) is 81.3 Å². The largest absolute Gasteiger partial charge is 0.480 e. The summed E-state index contributed by atoms with van der Waals surface area (Å²) in [4.78, 5) is 78.8. The van der Waals surface area contributed by atoms with Crippen LogP contribution in [0.15, 0.2) is 12.5 Å². The number of H-pyrrole nitrogens is 1. The van der Waals surface area contributed by atoms with Crippen LogP contribution in [0.3, 0.4) is 0 Å². The van der Waals surface area contributed by atoms with Crippen LogP contribution in [0.5, 0.6) is 0 Å². The lowest BCUT2D eigenvalue weighted by atomic mass is 10.1. The van der Waals surface area contributed by atoms with E-state index in [-0.39, 0.29) is 6.42 Å². The maximum atomic E-state index is 13.0. The number of aliphatic carboxylic acids is 1.